The summed E-state index contributed by atoms with van der Waals surface area (Å²) in [5.74, 6) is 0.697. The quantitative estimate of drug-likeness (QED) is 0.670. The maximum Gasteiger partial charge on any atom is 0.127 e. The van der Waals surface area contributed by atoms with E-state index in [2.05, 4.69) is 0 Å². The summed E-state index contributed by atoms with van der Waals surface area (Å²) in [7, 11) is 0. The molecule has 1 aromatic carbocycles. The zero-order chi connectivity index (χ0) is 8.72. The topological polar surface area (TPSA) is 29.5 Å². The molecule has 12 heavy (non-hydrogen) atoms. The second-order valence-electron chi connectivity index (χ2n) is 2.95. The van der Waals surface area contributed by atoms with Crippen LogP contribution in [0.3, 0.4) is 0 Å². The Labute approximate surface area is 75.7 Å². The molecule has 0 saturated heterocycles. The third-order valence-corrected chi connectivity index (χ3v) is 2.29. The highest BCUT2D eigenvalue weighted by Crippen LogP contribution is 2.37. The minimum absolute atomic E-state index is 0.168. The number of ether oxygens (including phenoxy) is 1. The normalized spacial score (nSPS) is 26.6. The summed E-state index contributed by atoms with van der Waals surface area (Å²) in [5, 5.41) is 10.2. The number of benzene rings is 1. The van der Waals surface area contributed by atoms with Gasteiger partial charge in [-0.15, -0.1) is 0 Å². The lowest BCUT2D eigenvalue weighted by Gasteiger charge is -2.06. The molecule has 2 rings (SSSR count). The highest BCUT2D eigenvalue weighted by Gasteiger charge is 2.28. The van der Waals surface area contributed by atoms with Crippen LogP contribution in [0, 0.1) is 0 Å². The highest BCUT2D eigenvalue weighted by molar-refractivity contribution is 6.30. The van der Waals surface area contributed by atoms with E-state index in [1.54, 1.807) is 18.2 Å². The largest absolute Gasteiger partial charge is 0.487 e. The first-order valence-electron chi connectivity index (χ1n) is 3.82. The van der Waals surface area contributed by atoms with Gasteiger partial charge in [0.1, 0.15) is 18.0 Å². The molecule has 0 saturated carbocycles. The van der Waals surface area contributed by atoms with Crippen molar-refractivity contribution < 1.29 is 9.84 Å². The molecule has 1 heterocycles. The van der Waals surface area contributed by atoms with Gasteiger partial charge >= 0.3 is 0 Å². The van der Waals surface area contributed by atoms with E-state index in [0.717, 1.165) is 5.56 Å². The smallest absolute Gasteiger partial charge is 0.127 e. The molecule has 1 aromatic rings. The molecule has 0 amide bonds. The summed E-state index contributed by atoms with van der Waals surface area (Å²) in [5.41, 5.74) is 0.826. The van der Waals surface area contributed by atoms with Gasteiger partial charge in [-0.05, 0) is 19.1 Å². The van der Waals surface area contributed by atoms with E-state index in [-0.39, 0.29) is 6.10 Å². The Hall–Kier alpha value is -0.730. The molecule has 0 spiro atoms. The maximum absolute atomic E-state index is 9.57. The van der Waals surface area contributed by atoms with Crippen molar-refractivity contribution in [3.05, 3.63) is 28.8 Å². The SMILES string of the molecule is CC1Oc2cc(Cl)ccc2C1O. The summed E-state index contributed by atoms with van der Waals surface area (Å²) in [6, 6.07) is 5.28. The molecular weight excluding hydrogens is 176 g/mol. The fourth-order valence-electron chi connectivity index (χ4n) is 1.37. The Morgan fingerprint density at radius 1 is 1.50 bits per heavy atom. The van der Waals surface area contributed by atoms with Gasteiger partial charge in [0.05, 0.1) is 0 Å². The summed E-state index contributed by atoms with van der Waals surface area (Å²) >= 11 is 5.76. The van der Waals surface area contributed by atoms with Crippen molar-refractivity contribution in [3.63, 3.8) is 0 Å². The molecule has 2 atom stereocenters. The first-order chi connectivity index (χ1) is 5.68. The molecule has 3 heteroatoms. The number of aliphatic hydroxyl groups excluding tert-OH is 1. The van der Waals surface area contributed by atoms with Crippen LogP contribution in [0.1, 0.15) is 18.6 Å². The van der Waals surface area contributed by atoms with Crippen LogP contribution in [0.25, 0.3) is 0 Å². The van der Waals surface area contributed by atoms with Gasteiger partial charge in [0.15, 0.2) is 0 Å². The Balaban J connectivity index is 2.47. The van der Waals surface area contributed by atoms with Crippen molar-refractivity contribution in [1.29, 1.82) is 0 Å². The van der Waals surface area contributed by atoms with Crippen LogP contribution in [0.2, 0.25) is 5.02 Å². The Kier molecular flexibility index (Phi) is 1.74. The van der Waals surface area contributed by atoms with Crippen LogP contribution < -0.4 is 4.74 Å². The van der Waals surface area contributed by atoms with Gasteiger partial charge in [-0.1, -0.05) is 17.7 Å². The number of fused-ring (bicyclic) bond motifs is 1. The van der Waals surface area contributed by atoms with Crippen molar-refractivity contribution in [1.82, 2.24) is 0 Å². The van der Waals surface area contributed by atoms with Crippen LogP contribution in [-0.2, 0) is 0 Å². The lowest BCUT2D eigenvalue weighted by Crippen LogP contribution is -2.12. The summed E-state index contributed by atoms with van der Waals surface area (Å²) < 4.78 is 5.37. The Morgan fingerprint density at radius 2 is 2.25 bits per heavy atom. The second kappa shape index (κ2) is 2.64. The van der Waals surface area contributed by atoms with Gasteiger partial charge in [0.2, 0.25) is 0 Å². The Morgan fingerprint density at radius 3 is 3.00 bits per heavy atom. The van der Waals surface area contributed by atoms with Crippen LogP contribution >= 0.6 is 11.6 Å². The highest BCUT2D eigenvalue weighted by atomic mass is 35.5. The molecule has 2 nitrogen and oxygen atoms in total. The second-order valence-corrected chi connectivity index (χ2v) is 3.39. The molecule has 1 N–H and O–H groups in total. The number of rotatable bonds is 0. The summed E-state index contributed by atoms with van der Waals surface area (Å²) in [4.78, 5) is 0. The average Bonchev–Trinajstić information content (AvgIpc) is 2.28. The predicted octanol–water partition coefficient (Wildman–Crippen LogP) is 2.15. The summed E-state index contributed by atoms with van der Waals surface area (Å²) in [6.45, 7) is 1.83. The molecule has 0 radical (unpaired) electrons. The van der Waals surface area contributed by atoms with Crippen LogP contribution in [0.15, 0.2) is 18.2 Å². The number of aliphatic hydroxyl groups is 1. The lowest BCUT2D eigenvalue weighted by molar-refractivity contribution is 0.0796. The molecule has 64 valence electrons. The van der Waals surface area contributed by atoms with Crippen molar-refractivity contribution in [2.45, 2.75) is 19.1 Å². The number of halogens is 1. The van der Waals surface area contributed by atoms with Crippen LogP contribution in [-0.4, -0.2) is 11.2 Å². The maximum atomic E-state index is 9.57. The van der Waals surface area contributed by atoms with Crippen molar-refractivity contribution in [2.75, 3.05) is 0 Å². The first-order valence-corrected chi connectivity index (χ1v) is 4.20. The average molecular weight is 185 g/mol. The van der Waals surface area contributed by atoms with Crippen molar-refractivity contribution in [3.8, 4) is 5.75 Å². The Bertz CT molecular complexity index is 311. The van der Waals surface area contributed by atoms with Gasteiger partial charge in [-0.2, -0.15) is 0 Å². The van der Waals surface area contributed by atoms with E-state index in [0.29, 0.717) is 10.8 Å². The van der Waals surface area contributed by atoms with Crippen LogP contribution in [0.4, 0.5) is 0 Å². The fraction of sp³-hybridized carbons (Fsp3) is 0.333. The zero-order valence-electron chi connectivity index (χ0n) is 6.62. The van der Waals surface area contributed by atoms with Crippen molar-refractivity contribution in [2.24, 2.45) is 0 Å². The van der Waals surface area contributed by atoms with Crippen molar-refractivity contribution >= 4 is 11.6 Å². The minimum atomic E-state index is -0.516. The fourth-order valence-corrected chi connectivity index (χ4v) is 1.53. The van der Waals surface area contributed by atoms with Gasteiger partial charge in [-0.3, -0.25) is 0 Å². The third kappa shape index (κ3) is 1.08. The predicted molar refractivity (Wildman–Crippen MR) is 46.5 cm³/mol. The third-order valence-electron chi connectivity index (χ3n) is 2.05. The molecule has 0 bridgehead atoms. The van der Waals surface area contributed by atoms with E-state index in [1.165, 1.54) is 0 Å². The van der Waals surface area contributed by atoms with E-state index in [4.69, 9.17) is 16.3 Å². The standard InChI is InChI=1S/C9H9ClO2/c1-5-9(11)7-3-2-6(10)4-8(7)12-5/h2-5,9,11H,1H3. The van der Waals surface area contributed by atoms with E-state index in [1.807, 2.05) is 6.92 Å². The number of hydrogen-bond donors (Lipinski definition) is 1. The lowest BCUT2D eigenvalue weighted by atomic mass is 10.1. The van der Waals surface area contributed by atoms with E-state index >= 15 is 0 Å². The van der Waals surface area contributed by atoms with E-state index < -0.39 is 6.10 Å². The molecule has 2 unspecified atom stereocenters. The molecular formula is C9H9ClO2. The number of hydrogen-bond acceptors (Lipinski definition) is 2. The van der Waals surface area contributed by atoms with Gasteiger partial charge < -0.3 is 9.84 Å². The van der Waals surface area contributed by atoms with E-state index in [9.17, 15) is 5.11 Å². The zero-order valence-corrected chi connectivity index (χ0v) is 7.38. The molecule has 1 aliphatic rings. The summed E-state index contributed by atoms with van der Waals surface area (Å²) in [6.07, 6.45) is -0.685. The molecule has 0 fully saturated rings. The van der Waals surface area contributed by atoms with Gasteiger partial charge in [-0.25, -0.2) is 0 Å². The first kappa shape index (κ1) is 7.90. The van der Waals surface area contributed by atoms with Crippen LogP contribution in [0.5, 0.6) is 5.75 Å². The minimum Gasteiger partial charge on any atom is -0.487 e. The van der Waals surface area contributed by atoms with Gasteiger partial charge in [0, 0.05) is 10.6 Å². The van der Waals surface area contributed by atoms with Gasteiger partial charge in [0.25, 0.3) is 0 Å². The molecule has 0 aliphatic carbocycles. The molecule has 0 aromatic heterocycles. The monoisotopic (exact) mass is 184 g/mol. The molecule has 1 aliphatic heterocycles.